The minimum atomic E-state index is -1.17. The number of nitrogens with one attached hydrogen (secondary N) is 2. The van der Waals surface area contributed by atoms with Crippen molar-refractivity contribution < 1.29 is 29.0 Å². The quantitative estimate of drug-likeness (QED) is 0.101. The average Bonchev–Trinajstić information content (AvgIpc) is 3.14. The third-order valence-electron chi connectivity index (χ3n) is 9.49. The van der Waals surface area contributed by atoms with Gasteiger partial charge in [-0.2, -0.15) is 0 Å². The van der Waals surface area contributed by atoms with E-state index in [0.717, 1.165) is 27.6 Å². The summed E-state index contributed by atoms with van der Waals surface area (Å²) in [5.41, 5.74) is 2.52. The van der Waals surface area contributed by atoms with Crippen LogP contribution in [-0.2, 0) is 38.6 Å². The van der Waals surface area contributed by atoms with Gasteiger partial charge >= 0.3 is 5.97 Å². The summed E-state index contributed by atoms with van der Waals surface area (Å²) in [5, 5.41) is 17.9. The van der Waals surface area contributed by atoms with Crippen molar-refractivity contribution >= 4 is 46.1 Å². The topological polar surface area (TPSA) is 128 Å². The number of carbonyl (C=O) groups excluding carboxylic acids is 3. The molecular formula is C43H53ClN4O6. The van der Waals surface area contributed by atoms with Gasteiger partial charge in [-0.05, 0) is 71.0 Å². The second-order valence-corrected chi connectivity index (χ2v) is 15.0. The Morgan fingerprint density at radius 3 is 2.09 bits per heavy atom. The maximum atomic E-state index is 14.6. The number of likely N-dealkylation sites (N-methyl/N-ethyl adjacent to an activating group) is 1. The van der Waals surface area contributed by atoms with Crippen molar-refractivity contribution in [1.29, 1.82) is 0 Å². The number of aliphatic carboxylic acids is 1. The maximum Gasteiger partial charge on any atom is 0.326 e. The third-order valence-corrected chi connectivity index (χ3v) is 9.86. The molecule has 0 aliphatic rings. The number of ether oxygens (including phenoxy) is 1. The van der Waals surface area contributed by atoms with Crippen LogP contribution in [0, 0.1) is 11.8 Å². The van der Waals surface area contributed by atoms with Gasteiger partial charge in [-0.1, -0.05) is 112 Å². The van der Waals surface area contributed by atoms with E-state index >= 15 is 0 Å². The standard InChI is InChI=1S/C43H53ClN4O6/c1-28(2)24-38(48(39(49)26-33-13-8-10-17-36(33)44)23-22-47(5)27-30-18-20-34(54-6)21-19-30)42(51)45-37(41(50)46-40(29(3)4)43(52)53)25-32-15-11-14-31-12-7-9-16-35(31)32/h7-21,28-29,37-38,40H,22-27H2,1-6H3,(H,45,51)(H,46,50)(H,52,53). The molecule has 0 radical (unpaired) electrons. The molecule has 0 spiro atoms. The number of carboxylic acids is 1. The summed E-state index contributed by atoms with van der Waals surface area (Å²) in [7, 11) is 3.58. The van der Waals surface area contributed by atoms with Crippen LogP contribution in [0.25, 0.3) is 10.8 Å². The van der Waals surface area contributed by atoms with Crippen LogP contribution >= 0.6 is 11.6 Å². The second-order valence-electron chi connectivity index (χ2n) is 14.6. The number of fused-ring (bicyclic) bond motifs is 1. The van der Waals surface area contributed by atoms with Gasteiger partial charge in [0.1, 0.15) is 23.9 Å². The van der Waals surface area contributed by atoms with E-state index in [1.54, 1.807) is 44.1 Å². The van der Waals surface area contributed by atoms with Crippen LogP contribution in [0.5, 0.6) is 5.75 Å². The van der Waals surface area contributed by atoms with Crippen LogP contribution in [0.15, 0.2) is 91.0 Å². The van der Waals surface area contributed by atoms with Crippen molar-refractivity contribution in [3.05, 3.63) is 113 Å². The molecule has 0 aliphatic heterocycles. The molecule has 3 atom stereocenters. The number of benzene rings is 4. The lowest BCUT2D eigenvalue weighted by atomic mass is 9.96. The van der Waals surface area contributed by atoms with Crippen molar-refractivity contribution in [2.45, 2.75) is 71.6 Å². The average molecular weight is 757 g/mol. The zero-order valence-corrected chi connectivity index (χ0v) is 32.8. The first-order valence-corrected chi connectivity index (χ1v) is 18.8. The summed E-state index contributed by atoms with van der Waals surface area (Å²) >= 11 is 6.49. The molecule has 0 aliphatic carbocycles. The largest absolute Gasteiger partial charge is 0.497 e. The predicted octanol–water partition coefficient (Wildman–Crippen LogP) is 6.37. The zero-order valence-electron chi connectivity index (χ0n) is 32.1. The highest BCUT2D eigenvalue weighted by Gasteiger charge is 2.35. The maximum absolute atomic E-state index is 14.6. The molecule has 3 amide bonds. The summed E-state index contributed by atoms with van der Waals surface area (Å²) < 4.78 is 5.29. The Morgan fingerprint density at radius 2 is 1.44 bits per heavy atom. The number of rotatable bonds is 19. The first-order valence-electron chi connectivity index (χ1n) is 18.4. The van der Waals surface area contributed by atoms with Gasteiger partial charge in [-0.3, -0.25) is 14.4 Å². The van der Waals surface area contributed by atoms with Gasteiger partial charge in [0.2, 0.25) is 17.7 Å². The summed E-state index contributed by atoms with van der Waals surface area (Å²) in [5.74, 6) is -2.18. The molecule has 3 N–H and O–H groups in total. The molecule has 0 saturated heterocycles. The fourth-order valence-corrected chi connectivity index (χ4v) is 6.72. The lowest BCUT2D eigenvalue weighted by molar-refractivity contribution is -0.144. The third kappa shape index (κ3) is 11.8. The van der Waals surface area contributed by atoms with Crippen LogP contribution in [0.4, 0.5) is 0 Å². The Balaban J connectivity index is 1.67. The number of halogens is 1. The number of amides is 3. The van der Waals surface area contributed by atoms with Gasteiger partial charge in [-0.25, -0.2) is 4.79 Å². The molecule has 0 bridgehead atoms. The molecule has 11 heteroatoms. The molecule has 4 aromatic rings. The Bertz CT molecular complexity index is 1880. The minimum Gasteiger partial charge on any atom is -0.497 e. The van der Waals surface area contributed by atoms with E-state index in [1.165, 1.54) is 0 Å². The highest BCUT2D eigenvalue weighted by Crippen LogP contribution is 2.23. The smallest absolute Gasteiger partial charge is 0.326 e. The van der Waals surface area contributed by atoms with Gasteiger partial charge in [0, 0.05) is 31.1 Å². The van der Waals surface area contributed by atoms with Gasteiger partial charge in [0.05, 0.1) is 13.5 Å². The Morgan fingerprint density at radius 1 is 0.796 bits per heavy atom. The van der Waals surface area contributed by atoms with Crippen LogP contribution < -0.4 is 15.4 Å². The fourth-order valence-electron chi connectivity index (χ4n) is 6.52. The summed E-state index contributed by atoms with van der Waals surface area (Å²) in [6.45, 7) is 8.67. The molecule has 10 nitrogen and oxygen atoms in total. The number of hydrogen-bond acceptors (Lipinski definition) is 6. The molecule has 0 aromatic heterocycles. The second kappa shape index (κ2) is 19.9. The van der Waals surface area contributed by atoms with E-state index in [-0.39, 0.29) is 31.2 Å². The molecule has 0 saturated carbocycles. The van der Waals surface area contributed by atoms with Crippen molar-refractivity contribution in [3.63, 3.8) is 0 Å². The van der Waals surface area contributed by atoms with Gasteiger partial charge in [0.15, 0.2) is 0 Å². The Labute approximate surface area is 323 Å². The summed E-state index contributed by atoms with van der Waals surface area (Å²) in [6.07, 6.45) is 0.420. The van der Waals surface area contributed by atoms with Crippen LogP contribution in [0.2, 0.25) is 5.02 Å². The first kappa shape index (κ1) is 41.8. The van der Waals surface area contributed by atoms with Crippen LogP contribution in [0.1, 0.15) is 50.8 Å². The van der Waals surface area contributed by atoms with E-state index < -0.39 is 41.8 Å². The van der Waals surface area contributed by atoms with E-state index in [2.05, 4.69) is 15.5 Å². The van der Waals surface area contributed by atoms with Crippen LogP contribution in [-0.4, -0.2) is 84.0 Å². The monoisotopic (exact) mass is 756 g/mol. The number of carbonyl (C=O) groups is 4. The normalized spacial score (nSPS) is 13.1. The number of carboxylic acid groups (broad SMARTS) is 1. The van der Waals surface area contributed by atoms with Crippen molar-refractivity contribution in [2.24, 2.45) is 11.8 Å². The molecule has 3 unspecified atom stereocenters. The summed E-state index contributed by atoms with van der Waals surface area (Å²) in [6, 6.07) is 25.2. The highest BCUT2D eigenvalue weighted by molar-refractivity contribution is 6.31. The number of nitrogens with zero attached hydrogens (tertiary/aromatic N) is 2. The molecule has 288 valence electrons. The molecular weight excluding hydrogens is 704 g/mol. The van der Waals surface area contributed by atoms with Gasteiger partial charge in [0.25, 0.3) is 0 Å². The Kier molecular flexibility index (Phi) is 15.4. The lowest BCUT2D eigenvalue weighted by Gasteiger charge is -2.35. The van der Waals surface area contributed by atoms with E-state index in [9.17, 15) is 24.3 Å². The molecule has 0 fully saturated rings. The van der Waals surface area contributed by atoms with Gasteiger partial charge < -0.3 is 30.3 Å². The molecule has 0 heterocycles. The van der Waals surface area contributed by atoms with E-state index in [0.29, 0.717) is 30.1 Å². The first-order chi connectivity index (χ1) is 25.8. The molecule has 4 rings (SSSR count). The summed E-state index contributed by atoms with van der Waals surface area (Å²) in [4.78, 5) is 58.7. The van der Waals surface area contributed by atoms with Crippen molar-refractivity contribution in [3.8, 4) is 5.75 Å². The minimum absolute atomic E-state index is 0.0102. The van der Waals surface area contributed by atoms with Gasteiger partial charge in [-0.15, -0.1) is 0 Å². The van der Waals surface area contributed by atoms with Crippen LogP contribution in [0.3, 0.4) is 0 Å². The van der Waals surface area contributed by atoms with E-state index in [1.807, 2.05) is 93.7 Å². The van der Waals surface area contributed by atoms with Crippen molar-refractivity contribution in [2.75, 3.05) is 27.2 Å². The molecule has 4 aromatic carbocycles. The molecule has 54 heavy (non-hydrogen) atoms. The predicted molar refractivity (Wildman–Crippen MR) is 213 cm³/mol. The Hall–Kier alpha value is -4.93. The van der Waals surface area contributed by atoms with Crippen molar-refractivity contribution in [1.82, 2.24) is 20.4 Å². The zero-order chi connectivity index (χ0) is 39.4. The number of hydrogen-bond donors (Lipinski definition) is 3. The number of methoxy groups -OCH3 is 1. The SMILES string of the molecule is COc1ccc(CN(C)CCN(C(=O)Cc2ccccc2Cl)C(CC(C)C)C(=O)NC(Cc2cccc3ccccc23)C(=O)NC(C(=O)O)C(C)C)cc1. The fraction of sp³-hybridized carbons (Fsp3) is 0.395. The lowest BCUT2D eigenvalue weighted by Crippen LogP contribution is -2.58. The highest BCUT2D eigenvalue weighted by atomic mass is 35.5. The van der Waals surface area contributed by atoms with E-state index in [4.69, 9.17) is 16.3 Å².